The van der Waals surface area contributed by atoms with Gasteiger partial charge in [0.2, 0.25) is 0 Å². The third kappa shape index (κ3) is 3.46. The van der Waals surface area contributed by atoms with Crippen LogP contribution in [0.25, 0.3) is 0 Å². The monoisotopic (exact) mass is 227 g/mol. The second kappa shape index (κ2) is 6.61. The minimum atomic E-state index is 0.281. The highest BCUT2D eigenvalue weighted by molar-refractivity contribution is 4.89. The van der Waals surface area contributed by atoms with Crippen LogP contribution in [0.3, 0.4) is 0 Å². The Labute approximate surface area is 101 Å². The van der Waals surface area contributed by atoms with Gasteiger partial charge in [0.15, 0.2) is 0 Å². The van der Waals surface area contributed by atoms with Crippen molar-refractivity contribution >= 4 is 0 Å². The third-order valence-corrected chi connectivity index (χ3v) is 3.85. The first-order valence-electron chi connectivity index (χ1n) is 7.10. The Bertz CT molecular complexity index is 185. The highest BCUT2D eigenvalue weighted by Crippen LogP contribution is 2.35. The molecule has 96 valence electrons. The first-order valence-corrected chi connectivity index (χ1v) is 7.10. The summed E-state index contributed by atoms with van der Waals surface area (Å²) in [5.74, 6) is 0. The Morgan fingerprint density at radius 3 is 2.25 bits per heavy atom. The van der Waals surface area contributed by atoms with Crippen molar-refractivity contribution in [1.29, 1.82) is 0 Å². The molecule has 2 fully saturated rings. The fourth-order valence-corrected chi connectivity index (χ4v) is 2.85. The van der Waals surface area contributed by atoms with Crippen molar-refractivity contribution in [2.24, 2.45) is 0 Å². The largest absolute Gasteiger partial charge is 0.375 e. The van der Waals surface area contributed by atoms with Crippen molar-refractivity contribution in [2.45, 2.75) is 71.4 Å². The number of ether oxygens (including phenoxy) is 1. The van der Waals surface area contributed by atoms with Gasteiger partial charge in [0, 0.05) is 19.2 Å². The maximum atomic E-state index is 5.96. The molecule has 0 N–H and O–H groups in total. The van der Waals surface area contributed by atoms with Gasteiger partial charge in [0.1, 0.15) is 0 Å². The maximum absolute atomic E-state index is 5.96. The van der Waals surface area contributed by atoms with E-state index < -0.39 is 0 Å². The van der Waals surface area contributed by atoms with Crippen LogP contribution in [0.2, 0.25) is 0 Å². The minimum absolute atomic E-state index is 0.281. The summed E-state index contributed by atoms with van der Waals surface area (Å²) in [7, 11) is 0. The van der Waals surface area contributed by atoms with Crippen molar-refractivity contribution in [1.82, 2.24) is 4.90 Å². The van der Waals surface area contributed by atoms with Crippen molar-refractivity contribution in [2.75, 3.05) is 19.7 Å². The van der Waals surface area contributed by atoms with Gasteiger partial charge in [-0.3, -0.25) is 0 Å². The molecule has 0 bridgehead atoms. The number of hydrogen-bond donors (Lipinski definition) is 0. The van der Waals surface area contributed by atoms with E-state index in [2.05, 4.69) is 18.7 Å². The van der Waals surface area contributed by atoms with Crippen molar-refractivity contribution in [3.63, 3.8) is 0 Å². The maximum Gasteiger partial charge on any atom is 0.0696 e. The Morgan fingerprint density at radius 2 is 1.69 bits per heavy atom. The lowest BCUT2D eigenvalue weighted by Crippen LogP contribution is -2.34. The average molecular weight is 227 g/mol. The molecule has 2 aliphatic rings. The van der Waals surface area contributed by atoms with Gasteiger partial charge in [-0.05, 0) is 52.5 Å². The quantitative estimate of drug-likeness (QED) is 0.680. The number of nitrogens with zero attached hydrogens (tertiary/aromatic N) is 1. The molecule has 0 aliphatic carbocycles. The van der Waals surface area contributed by atoms with Crippen LogP contribution < -0.4 is 0 Å². The molecule has 0 aromatic heterocycles. The van der Waals surface area contributed by atoms with Crippen molar-refractivity contribution < 1.29 is 4.74 Å². The van der Waals surface area contributed by atoms with E-state index in [0.29, 0.717) is 6.04 Å². The summed E-state index contributed by atoms with van der Waals surface area (Å²) in [6.45, 7) is 12.1. The van der Waals surface area contributed by atoms with Crippen LogP contribution in [0.1, 0.15) is 59.8 Å². The predicted octanol–water partition coefficient (Wildman–Crippen LogP) is 3.46. The molecule has 1 spiro atoms. The van der Waals surface area contributed by atoms with Gasteiger partial charge < -0.3 is 9.64 Å². The lowest BCUT2D eigenvalue weighted by Gasteiger charge is -2.28. The summed E-state index contributed by atoms with van der Waals surface area (Å²) in [5.41, 5.74) is 0.281. The molecule has 2 heterocycles. The van der Waals surface area contributed by atoms with Crippen molar-refractivity contribution in [3.05, 3.63) is 0 Å². The number of rotatable bonds is 1. The second-order valence-corrected chi connectivity index (χ2v) is 5.12. The van der Waals surface area contributed by atoms with Crippen LogP contribution in [-0.2, 0) is 4.74 Å². The van der Waals surface area contributed by atoms with Gasteiger partial charge >= 0.3 is 0 Å². The summed E-state index contributed by atoms with van der Waals surface area (Å²) in [4.78, 5) is 2.59. The lowest BCUT2D eigenvalue weighted by molar-refractivity contribution is -0.00775. The molecule has 16 heavy (non-hydrogen) atoms. The summed E-state index contributed by atoms with van der Waals surface area (Å²) < 4.78 is 5.96. The zero-order valence-corrected chi connectivity index (χ0v) is 11.6. The first-order chi connectivity index (χ1) is 7.72. The fraction of sp³-hybridized carbons (Fsp3) is 1.00. The molecule has 0 radical (unpaired) electrons. The zero-order valence-electron chi connectivity index (χ0n) is 11.6. The van der Waals surface area contributed by atoms with Crippen LogP contribution in [0.5, 0.6) is 0 Å². The minimum Gasteiger partial charge on any atom is -0.375 e. The highest BCUT2D eigenvalue weighted by atomic mass is 16.5. The Kier molecular flexibility index (Phi) is 5.77. The van der Waals surface area contributed by atoms with Gasteiger partial charge in [0.05, 0.1) is 5.60 Å². The zero-order chi connectivity index (χ0) is 12.0. The molecule has 0 aromatic carbocycles. The molecule has 1 unspecified atom stereocenters. The molecule has 2 rings (SSSR count). The average Bonchev–Trinajstić information content (AvgIpc) is 2.63. The Hall–Kier alpha value is -0.0800. The summed E-state index contributed by atoms with van der Waals surface area (Å²) in [6.07, 6.45) is 6.44. The van der Waals surface area contributed by atoms with Gasteiger partial charge in [0.25, 0.3) is 0 Å². The van der Waals surface area contributed by atoms with Crippen LogP contribution in [-0.4, -0.2) is 36.2 Å². The summed E-state index contributed by atoms with van der Waals surface area (Å²) >= 11 is 0. The number of likely N-dealkylation sites (tertiary alicyclic amines) is 1. The van der Waals surface area contributed by atoms with Gasteiger partial charge in [-0.1, -0.05) is 13.8 Å². The molecule has 0 saturated carbocycles. The number of hydrogen-bond acceptors (Lipinski definition) is 2. The van der Waals surface area contributed by atoms with Gasteiger partial charge in [-0.15, -0.1) is 0 Å². The first kappa shape index (κ1) is 14.0. The molecule has 2 saturated heterocycles. The van der Waals surface area contributed by atoms with E-state index in [0.717, 1.165) is 6.61 Å². The van der Waals surface area contributed by atoms with E-state index in [4.69, 9.17) is 4.74 Å². The highest BCUT2D eigenvalue weighted by Gasteiger charge is 2.36. The Morgan fingerprint density at radius 1 is 1.00 bits per heavy atom. The van der Waals surface area contributed by atoms with Crippen LogP contribution in [0.4, 0.5) is 0 Å². The fourth-order valence-electron chi connectivity index (χ4n) is 2.85. The summed E-state index contributed by atoms with van der Waals surface area (Å²) in [6, 6.07) is 0.701. The normalized spacial score (nSPS) is 31.3. The second-order valence-electron chi connectivity index (χ2n) is 5.12. The lowest BCUT2D eigenvalue weighted by atomic mass is 9.92. The standard InChI is InChI=1S/C12H23NO.C2H6/c1-11(2)13-8-3-5-12(7-9-13)6-4-10-14-12;1-2/h11H,3-10H2,1-2H3;1-2H3. The smallest absolute Gasteiger partial charge is 0.0696 e. The van der Waals surface area contributed by atoms with E-state index in [1.54, 1.807) is 0 Å². The topological polar surface area (TPSA) is 12.5 Å². The molecule has 2 heteroatoms. The predicted molar refractivity (Wildman–Crippen MR) is 69.8 cm³/mol. The molecule has 0 aromatic rings. The summed E-state index contributed by atoms with van der Waals surface area (Å²) in [5, 5.41) is 0. The van der Waals surface area contributed by atoms with E-state index in [1.807, 2.05) is 13.8 Å². The SMILES string of the molecule is CC.CC(C)N1CCCC2(CCCO2)CC1. The van der Waals surface area contributed by atoms with E-state index >= 15 is 0 Å². The Balaban J connectivity index is 0.000000606. The van der Waals surface area contributed by atoms with Crippen molar-refractivity contribution in [3.8, 4) is 0 Å². The van der Waals surface area contributed by atoms with Gasteiger partial charge in [-0.25, -0.2) is 0 Å². The van der Waals surface area contributed by atoms with E-state index in [9.17, 15) is 0 Å². The molecule has 0 amide bonds. The van der Waals surface area contributed by atoms with Crippen LogP contribution in [0, 0.1) is 0 Å². The molecular weight excluding hydrogens is 198 g/mol. The van der Waals surface area contributed by atoms with Crippen LogP contribution >= 0.6 is 0 Å². The van der Waals surface area contributed by atoms with E-state index in [1.165, 1.54) is 45.2 Å². The molecule has 1 atom stereocenters. The molecule has 2 aliphatic heterocycles. The third-order valence-electron chi connectivity index (χ3n) is 3.85. The molecular formula is C14H29NO. The molecule has 2 nitrogen and oxygen atoms in total. The van der Waals surface area contributed by atoms with E-state index in [-0.39, 0.29) is 5.60 Å². The van der Waals surface area contributed by atoms with Gasteiger partial charge in [-0.2, -0.15) is 0 Å². The van der Waals surface area contributed by atoms with Crippen LogP contribution in [0.15, 0.2) is 0 Å².